The van der Waals surface area contributed by atoms with E-state index in [4.69, 9.17) is 0 Å². The van der Waals surface area contributed by atoms with Crippen LogP contribution in [0.1, 0.15) is 79.6 Å². The molecule has 16 heavy (non-hydrogen) atoms. The first-order chi connectivity index (χ1) is 7.39. The van der Waals surface area contributed by atoms with Crippen molar-refractivity contribution in [3.8, 4) is 0 Å². The smallest absolute Gasteiger partial charge is 0.0543 e. The number of unbranched alkanes of at least 4 members (excludes halogenated alkanes) is 1. The van der Waals surface area contributed by atoms with E-state index in [1.165, 1.54) is 25.7 Å². The Bertz CT molecular complexity index is 157. The molecule has 2 atom stereocenters. The summed E-state index contributed by atoms with van der Waals surface area (Å²) in [7, 11) is 0. The van der Waals surface area contributed by atoms with Gasteiger partial charge in [-0.25, -0.2) is 0 Å². The fraction of sp³-hybridized carbons (Fsp3) is 1.00. The molecule has 0 spiro atoms. The van der Waals surface area contributed by atoms with Crippen LogP contribution in [0.25, 0.3) is 0 Å². The third-order valence-electron chi connectivity index (χ3n) is 3.38. The summed E-state index contributed by atoms with van der Waals surface area (Å²) in [5, 5.41) is 10.0. The van der Waals surface area contributed by atoms with E-state index >= 15 is 0 Å². The van der Waals surface area contributed by atoms with Gasteiger partial charge in [0.1, 0.15) is 0 Å². The fourth-order valence-electron chi connectivity index (χ4n) is 2.08. The highest BCUT2D eigenvalue weighted by atomic mass is 16.3. The maximum atomic E-state index is 10.0. The summed E-state index contributed by atoms with van der Waals surface area (Å²) in [5.74, 6) is 0.731. The minimum Gasteiger partial charge on any atom is -0.393 e. The molecule has 0 rings (SSSR count). The Kier molecular flexibility index (Phi) is 8.09. The Hall–Kier alpha value is -0.0400. The minimum absolute atomic E-state index is 0.0824. The van der Waals surface area contributed by atoms with Crippen LogP contribution in [0, 0.1) is 11.3 Å². The molecule has 1 nitrogen and oxygen atoms in total. The quantitative estimate of drug-likeness (QED) is 0.634. The summed E-state index contributed by atoms with van der Waals surface area (Å²) in [4.78, 5) is 0. The predicted molar refractivity (Wildman–Crippen MR) is 72.6 cm³/mol. The first-order valence-corrected chi connectivity index (χ1v) is 7.07. The van der Waals surface area contributed by atoms with E-state index in [2.05, 4.69) is 34.6 Å². The summed E-state index contributed by atoms with van der Waals surface area (Å²) in [5.41, 5.74) is 0.353. The van der Waals surface area contributed by atoms with Crippen molar-refractivity contribution in [3.63, 3.8) is 0 Å². The number of rotatable bonds is 8. The van der Waals surface area contributed by atoms with Gasteiger partial charge in [0, 0.05) is 0 Å². The molecule has 0 fully saturated rings. The lowest BCUT2D eigenvalue weighted by Gasteiger charge is -2.23. The SMILES string of the molecule is CCCCC(CC)CC(O)CCC(C)(C)C. The molecule has 0 aromatic rings. The molecule has 0 heterocycles. The van der Waals surface area contributed by atoms with Crippen LogP contribution in [-0.4, -0.2) is 11.2 Å². The van der Waals surface area contributed by atoms with Gasteiger partial charge in [0.15, 0.2) is 0 Å². The van der Waals surface area contributed by atoms with Gasteiger partial charge < -0.3 is 5.11 Å². The lowest BCUT2D eigenvalue weighted by molar-refractivity contribution is 0.114. The van der Waals surface area contributed by atoms with Gasteiger partial charge in [-0.15, -0.1) is 0 Å². The second-order valence-electron chi connectivity index (χ2n) is 6.41. The first-order valence-electron chi connectivity index (χ1n) is 7.07. The van der Waals surface area contributed by atoms with Crippen LogP contribution >= 0.6 is 0 Å². The maximum absolute atomic E-state index is 10.0. The average molecular weight is 228 g/mol. The summed E-state index contributed by atoms with van der Waals surface area (Å²) in [6.45, 7) is 11.2. The van der Waals surface area contributed by atoms with Gasteiger partial charge in [-0.1, -0.05) is 60.3 Å². The molecule has 0 aromatic carbocycles. The largest absolute Gasteiger partial charge is 0.393 e. The van der Waals surface area contributed by atoms with Gasteiger partial charge >= 0.3 is 0 Å². The molecule has 0 aliphatic rings. The Morgan fingerprint density at radius 2 is 1.69 bits per heavy atom. The molecule has 0 aliphatic carbocycles. The third-order valence-corrected chi connectivity index (χ3v) is 3.38. The van der Waals surface area contributed by atoms with Gasteiger partial charge in [-0.2, -0.15) is 0 Å². The van der Waals surface area contributed by atoms with Gasteiger partial charge in [-0.3, -0.25) is 0 Å². The number of aliphatic hydroxyl groups excluding tert-OH is 1. The molecule has 0 saturated heterocycles. The molecule has 0 aromatic heterocycles. The molecular weight excluding hydrogens is 196 g/mol. The first kappa shape index (κ1) is 16.0. The highest BCUT2D eigenvalue weighted by Crippen LogP contribution is 2.25. The topological polar surface area (TPSA) is 20.2 Å². The van der Waals surface area contributed by atoms with E-state index in [-0.39, 0.29) is 6.10 Å². The number of hydrogen-bond donors (Lipinski definition) is 1. The third kappa shape index (κ3) is 9.21. The Balaban J connectivity index is 3.77. The van der Waals surface area contributed by atoms with Gasteiger partial charge in [0.05, 0.1) is 6.10 Å². The maximum Gasteiger partial charge on any atom is 0.0543 e. The molecular formula is C15H32O. The van der Waals surface area contributed by atoms with E-state index in [1.807, 2.05) is 0 Å². The van der Waals surface area contributed by atoms with Gasteiger partial charge in [0.25, 0.3) is 0 Å². The van der Waals surface area contributed by atoms with Gasteiger partial charge in [-0.05, 0) is 30.6 Å². The van der Waals surface area contributed by atoms with Crippen LogP contribution in [-0.2, 0) is 0 Å². The molecule has 0 radical (unpaired) electrons. The predicted octanol–water partition coefficient (Wildman–Crippen LogP) is 4.78. The molecule has 0 aliphatic heterocycles. The fourth-order valence-corrected chi connectivity index (χ4v) is 2.08. The standard InChI is InChI=1S/C15H32O/c1-6-8-9-13(7-2)12-14(16)10-11-15(3,4)5/h13-14,16H,6-12H2,1-5H3. The molecule has 0 bridgehead atoms. The number of hydrogen-bond acceptors (Lipinski definition) is 1. The van der Waals surface area contributed by atoms with Crippen molar-refractivity contribution in [2.24, 2.45) is 11.3 Å². The normalized spacial score (nSPS) is 16.1. The lowest BCUT2D eigenvalue weighted by atomic mass is 9.86. The average Bonchev–Trinajstić information content (AvgIpc) is 2.20. The zero-order chi connectivity index (χ0) is 12.6. The van der Waals surface area contributed by atoms with Crippen molar-refractivity contribution in [2.75, 3.05) is 0 Å². The van der Waals surface area contributed by atoms with E-state index in [0.717, 1.165) is 25.2 Å². The monoisotopic (exact) mass is 228 g/mol. The van der Waals surface area contributed by atoms with Crippen LogP contribution in [0.5, 0.6) is 0 Å². The molecule has 98 valence electrons. The Labute approximate surface area is 103 Å². The van der Waals surface area contributed by atoms with Crippen molar-refractivity contribution in [3.05, 3.63) is 0 Å². The van der Waals surface area contributed by atoms with Crippen LogP contribution in [0.3, 0.4) is 0 Å². The lowest BCUT2D eigenvalue weighted by Crippen LogP contribution is -2.16. The van der Waals surface area contributed by atoms with Gasteiger partial charge in [0.2, 0.25) is 0 Å². The molecule has 0 amide bonds. The highest BCUT2D eigenvalue weighted by molar-refractivity contribution is 4.69. The van der Waals surface area contributed by atoms with Crippen molar-refractivity contribution < 1.29 is 5.11 Å². The van der Waals surface area contributed by atoms with E-state index < -0.39 is 0 Å². The second kappa shape index (κ2) is 8.11. The minimum atomic E-state index is -0.0824. The zero-order valence-corrected chi connectivity index (χ0v) is 12.1. The molecule has 1 N–H and O–H groups in total. The summed E-state index contributed by atoms with van der Waals surface area (Å²) < 4.78 is 0. The van der Waals surface area contributed by atoms with E-state index in [1.54, 1.807) is 0 Å². The summed E-state index contributed by atoms with van der Waals surface area (Å²) >= 11 is 0. The molecule has 1 heteroatoms. The molecule has 0 saturated carbocycles. The van der Waals surface area contributed by atoms with Crippen LogP contribution < -0.4 is 0 Å². The van der Waals surface area contributed by atoms with Crippen LogP contribution in [0.2, 0.25) is 0 Å². The summed E-state index contributed by atoms with van der Waals surface area (Å²) in [6.07, 6.45) is 8.10. The Morgan fingerprint density at radius 3 is 2.12 bits per heavy atom. The second-order valence-corrected chi connectivity index (χ2v) is 6.41. The van der Waals surface area contributed by atoms with E-state index in [0.29, 0.717) is 5.41 Å². The van der Waals surface area contributed by atoms with Crippen LogP contribution in [0.4, 0.5) is 0 Å². The zero-order valence-electron chi connectivity index (χ0n) is 12.1. The van der Waals surface area contributed by atoms with Crippen molar-refractivity contribution in [2.45, 2.75) is 85.7 Å². The molecule has 2 unspecified atom stereocenters. The highest BCUT2D eigenvalue weighted by Gasteiger charge is 2.16. The number of aliphatic hydroxyl groups is 1. The van der Waals surface area contributed by atoms with E-state index in [9.17, 15) is 5.11 Å². The Morgan fingerprint density at radius 1 is 1.06 bits per heavy atom. The van der Waals surface area contributed by atoms with Crippen molar-refractivity contribution in [1.29, 1.82) is 0 Å². The van der Waals surface area contributed by atoms with Crippen molar-refractivity contribution in [1.82, 2.24) is 0 Å². The van der Waals surface area contributed by atoms with Crippen molar-refractivity contribution >= 4 is 0 Å². The van der Waals surface area contributed by atoms with Crippen LogP contribution in [0.15, 0.2) is 0 Å². The summed E-state index contributed by atoms with van der Waals surface area (Å²) in [6, 6.07) is 0.